The summed E-state index contributed by atoms with van der Waals surface area (Å²) in [5, 5.41) is 13.9. The first-order chi connectivity index (χ1) is 13.6. The van der Waals surface area contributed by atoms with E-state index in [0.717, 1.165) is 29.0 Å². The van der Waals surface area contributed by atoms with Crippen LogP contribution in [0.3, 0.4) is 0 Å². The zero-order valence-corrected chi connectivity index (χ0v) is 16.8. The molecule has 0 aromatic heterocycles. The van der Waals surface area contributed by atoms with Crippen LogP contribution in [0, 0.1) is 24.0 Å². The van der Waals surface area contributed by atoms with Crippen LogP contribution in [-0.4, -0.2) is 35.6 Å². The van der Waals surface area contributed by atoms with Crippen LogP contribution in [0.2, 0.25) is 0 Å². The number of nitrogens with one attached hydrogen (secondary N) is 1. The SMILES string of the molecule is COC(=O)c1cc(NC(=O)CSc2ccc(C(N)=O)cc2[N+](=O)[O-])cc(C)c1C. The molecule has 0 saturated carbocycles. The number of methoxy groups -OCH3 is 1. The van der Waals surface area contributed by atoms with Gasteiger partial charge in [0, 0.05) is 17.3 Å². The lowest BCUT2D eigenvalue weighted by Gasteiger charge is -2.12. The minimum Gasteiger partial charge on any atom is -0.465 e. The van der Waals surface area contributed by atoms with Crippen LogP contribution in [0.25, 0.3) is 0 Å². The minimum atomic E-state index is -0.779. The molecule has 3 N–H and O–H groups in total. The number of carbonyl (C=O) groups excluding carboxylic acids is 3. The Kier molecular flexibility index (Phi) is 6.94. The van der Waals surface area contributed by atoms with Gasteiger partial charge in [0.2, 0.25) is 11.8 Å². The normalized spacial score (nSPS) is 10.3. The van der Waals surface area contributed by atoms with Crippen LogP contribution in [0.15, 0.2) is 35.2 Å². The maximum Gasteiger partial charge on any atom is 0.338 e. The van der Waals surface area contributed by atoms with Gasteiger partial charge in [0.1, 0.15) is 0 Å². The highest BCUT2D eigenvalue weighted by Crippen LogP contribution is 2.30. The second kappa shape index (κ2) is 9.20. The number of anilines is 1. The number of nitro groups is 1. The molecular formula is C19H19N3O6S. The Morgan fingerprint density at radius 1 is 1.21 bits per heavy atom. The number of esters is 1. The van der Waals surface area contributed by atoms with E-state index in [4.69, 9.17) is 10.5 Å². The highest BCUT2D eigenvalue weighted by atomic mass is 32.2. The van der Waals surface area contributed by atoms with E-state index in [-0.39, 0.29) is 21.9 Å². The number of hydrogen-bond acceptors (Lipinski definition) is 7. The molecule has 0 aliphatic rings. The number of hydrogen-bond donors (Lipinski definition) is 2. The number of ether oxygens (including phenoxy) is 1. The lowest BCUT2D eigenvalue weighted by atomic mass is 10.0. The molecule has 0 heterocycles. The number of amides is 2. The van der Waals surface area contributed by atoms with Crippen LogP contribution in [0.1, 0.15) is 31.8 Å². The fourth-order valence-electron chi connectivity index (χ4n) is 2.53. The smallest absolute Gasteiger partial charge is 0.338 e. The standard InChI is InChI=1S/C19H19N3O6S/c1-10-6-13(8-14(11(10)2)19(25)28-3)21-17(23)9-29-16-5-4-12(18(20)24)7-15(16)22(26)27/h4-8H,9H2,1-3H3,(H2,20,24)(H,21,23). The molecule has 152 valence electrons. The molecule has 0 radical (unpaired) electrons. The van der Waals surface area contributed by atoms with Crippen molar-refractivity contribution in [3.8, 4) is 0 Å². The van der Waals surface area contributed by atoms with Gasteiger partial charge in [-0.05, 0) is 49.2 Å². The number of rotatable bonds is 7. The Labute approximate surface area is 170 Å². The van der Waals surface area contributed by atoms with Crippen molar-refractivity contribution in [2.45, 2.75) is 18.7 Å². The van der Waals surface area contributed by atoms with E-state index in [9.17, 15) is 24.5 Å². The average molecular weight is 417 g/mol. The number of primary amides is 1. The monoisotopic (exact) mass is 417 g/mol. The zero-order valence-electron chi connectivity index (χ0n) is 16.0. The summed E-state index contributed by atoms with van der Waals surface area (Å²) in [5.41, 5.74) is 7.14. The van der Waals surface area contributed by atoms with Crippen molar-refractivity contribution in [2.75, 3.05) is 18.2 Å². The van der Waals surface area contributed by atoms with Gasteiger partial charge in [-0.1, -0.05) is 0 Å². The van der Waals surface area contributed by atoms with Gasteiger partial charge in [-0.3, -0.25) is 19.7 Å². The van der Waals surface area contributed by atoms with Crippen molar-refractivity contribution < 1.29 is 24.0 Å². The van der Waals surface area contributed by atoms with Crippen molar-refractivity contribution in [3.05, 3.63) is 62.7 Å². The number of nitrogens with zero attached hydrogens (tertiary/aromatic N) is 1. The van der Waals surface area contributed by atoms with E-state index < -0.39 is 22.7 Å². The van der Waals surface area contributed by atoms with Gasteiger partial charge in [0.25, 0.3) is 5.69 Å². The van der Waals surface area contributed by atoms with E-state index in [2.05, 4.69) is 5.32 Å². The van der Waals surface area contributed by atoms with E-state index in [1.54, 1.807) is 19.9 Å². The van der Waals surface area contributed by atoms with Crippen LogP contribution >= 0.6 is 11.8 Å². The van der Waals surface area contributed by atoms with E-state index in [1.165, 1.54) is 25.3 Å². The van der Waals surface area contributed by atoms with E-state index in [1.807, 2.05) is 0 Å². The van der Waals surface area contributed by atoms with Gasteiger partial charge in [-0.25, -0.2) is 4.79 Å². The molecule has 0 bridgehead atoms. The zero-order chi connectivity index (χ0) is 21.7. The van der Waals surface area contributed by atoms with Gasteiger partial charge < -0.3 is 15.8 Å². The number of nitrogens with two attached hydrogens (primary N) is 1. The summed E-state index contributed by atoms with van der Waals surface area (Å²) < 4.78 is 4.75. The van der Waals surface area contributed by atoms with Gasteiger partial charge in [-0.15, -0.1) is 11.8 Å². The summed E-state index contributed by atoms with van der Waals surface area (Å²) in [6.07, 6.45) is 0. The van der Waals surface area contributed by atoms with E-state index >= 15 is 0 Å². The molecule has 29 heavy (non-hydrogen) atoms. The summed E-state index contributed by atoms with van der Waals surface area (Å²) in [4.78, 5) is 46.2. The van der Waals surface area contributed by atoms with Crippen LogP contribution < -0.4 is 11.1 Å². The number of benzene rings is 2. The molecule has 10 heteroatoms. The molecule has 2 aromatic carbocycles. The third-order valence-electron chi connectivity index (χ3n) is 4.16. The summed E-state index contributed by atoms with van der Waals surface area (Å²) in [6, 6.07) is 7.05. The topological polar surface area (TPSA) is 142 Å². The lowest BCUT2D eigenvalue weighted by Crippen LogP contribution is -2.16. The number of nitro benzene ring substituents is 1. The molecule has 2 amide bonds. The Hall–Kier alpha value is -3.40. The average Bonchev–Trinajstić information content (AvgIpc) is 2.68. The van der Waals surface area contributed by atoms with Gasteiger partial charge >= 0.3 is 5.97 Å². The van der Waals surface area contributed by atoms with Crippen molar-refractivity contribution in [2.24, 2.45) is 5.73 Å². The molecular weight excluding hydrogens is 398 g/mol. The second-order valence-electron chi connectivity index (χ2n) is 6.10. The largest absolute Gasteiger partial charge is 0.465 e. The summed E-state index contributed by atoms with van der Waals surface area (Å²) in [5.74, 6) is -1.82. The molecule has 2 aromatic rings. The molecule has 0 saturated heterocycles. The number of carbonyl (C=O) groups is 3. The third-order valence-corrected chi connectivity index (χ3v) is 5.22. The molecule has 2 rings (SSSR count). The Bertz CT molecular complexity index is 1010. The van der Waals surface area contributed by atoms with Crippen molar-refractivity contribution in [1.82, 2.24) is 0 Å². The number of thioether (sulfide) groups is 1. The first-order valence-electron chi connectivity index (χ1n) is 8.34. The summed E-state index contributed by atoms with van der Waals surface area (Å²) in [6.45, 7) is 3.58. The lowest BCUT2D eigenvalue weighted by molar-refractivity contribution is -0.387. The highest BCUT2D eigenvalue weighted by Gasteiger charge is 2.19. The Morgan fingerprint density at radius 3 is 2.48 bits per heavy atom. The minimum absolute atomic E-state index is 0.0102. The maximum absolute atomic E-state index is 12.3. The maximum atomic E-state index is 12.3. The molecule has 0 fully saturated rings. The second-order valence-corrected chi connectivity index (χ2v) is 7.12. The predicted molar refractivity (Wildman–Crippen MR) is 108 cm³/mol. The molecule has 0 aliphatic carbocycles. The summed E-state index contributed by atoms with van der Waals surface area (Å²) in [7, 11) is 1.27. The number of aryl methyl sites for hydroxylation is 1. The quantitative estimate of drug-likeness (QED) is 0.305. The van der Waals surface area contributed by atoms with Crippen molar-refractivity contribution >= 4 is 40.9 Å². The van der Waals surface area contributed by atoms with Crippen LogP contribution in [0.5, 0.6) is 0 Å². The molecule has 0 aliphatic heterocycles. The fraction of sp³-hybridized carbons (Fsp3) is 0.211. The van der Waals surface area contributed by atoms with Gasteiger partial charge in [0.05, 0.1) is 28.2 Å². The fourth-order valence-corrected chi connectivity index (χ4v) is 3.33. The predicted octanol–water partition coefficient (Wildman–Crippen LogP) is 2.83. The Balaban J connectivity index is 2.15. The molecule has 0 spiro atoms. The van der Waals surface area contributed by atoms with Crippen molar-refractivity contribution in [1.29, 1.82) is 0 Å². The molecule has 0 atom stereocenters. The Morgan fingerprint density at radius 2 is 1.90 bits per heavy atom. The van der Waals surface area contributed by atoms with Gasteiger partial charge in [-0.2, -0.15) is 0 Å². The summed E-state index contributed by atoms with van der Waals surface area (Å²) >= 11 is 0.948. The molecule has 0 unspecified atom stereocenters. The molecule has 9 nitrogen and oxygen atoms in total. The van der Waals surface area contributed by atoms with Crippen LogP contribution in [-0.2, 0) is 9.53 Å². The van der Waals surface area contributed by atoms with Crippen LogP contribution in [0.4, 0.5) is 11.4 Å². The van der Waals surface area contributed by atoms with Gasteiger partial charge in [0.15, 0.2) is 0 Å². The third kappa shape index (κ3) is 5.32. The van der Waals surface area contributed by atoms with E-state index in [0.29, 0.717) is 11.3 Å². The first kappa shape index (κ1) is 21.9. The highest BCUT2D eigenvalue weighted by molar-refractivity contribution is 8.00. The van der Waals surface area contributed by atoms with Crippen molar-refractivity contribution in [3.63, 3.8) is 0 Å². The first-order valence-corrected chi connectivity index (χ1v) is 9.33.